The molecule has 0 radical (unpaired) electrons. The molecule has 2 nitrogen and oxygen atoms in total. The molecule has 2 aromatic rings. The standard InChI is InChI=1S/C14H15F3N2/c15-14(16,17)11-1-2-13-10(6-11)7-12-5-9(8-18)3-4-19(12)13/h1-2,6-7,9H,3-5,8,18H2. The monoisotopic (exact) mass is 268 g/mol. The van der Waals surface area contributed by atoms with Gasteiger partial charge in [-0.05, 0) is 49.6 Å². The Hall–Kier alpha value is -1.49. The van der Waals surface area contributed by atoms with Crippen molar-refractivity contribution in [1.82, 2.24) is 4.57 Å². The molecule has 1 aliphatic rings. The summed E-state index contributed by atoms with van der Waals surface area (Å²) in [5.74, 6) is 0.443. The van der Waals surface area contributed by atoms with Crippen LogP contribution in [0.1, 0.15) is 17.7 Å². The van der Waals surface area contributed by atoms with E-state index in [1.54, 1.807) is 6.07 Å². The van der Waals surface area contributed by atoms with Crippen LogP contribution in [0.15, 0.2) is 24.3 Å². The van der Waals surface area contributed by atoms with Crippen molar-refractivity contribution in [2.45, 2.75) is 25.6 Å². The van der Waals surface area contributed by atoms with E-state index in [2.05, 4.69) is 4.57 Å². The van der Waals surface area contributed by atoms with E-state index in [1.165, 1.54) is 6.07 Å². The van der Waals surface area contributed by atoms with Crippen LogP contribution in [0.25, 0.3) is 10.9 Å². The van der Waals surface area contributed by atoms with Crippen LogP contribution in [-0.2, 0) is 19.1 Å². The minimum absolute atomic E-state index is 0.443. The average Bonchev–Trinajstić information content (AvgIpc) is 2.73. The summed E-state index contributed by atoms with van der Waals surface area (Å²) < 4.78 is 40.2. The van der Waals surface area contributed by atoms with Gasteiger partial charge in [-0.3, -0.25) is 0 Å². The quantitative estimate of drug-likeness (QED) is 0.846. The lowest BCUT2D eigenvalue weighted by Crippen LogP contribution is -2.24. The summed E-state index contributed by atoms with van der Waals surface area (Å²) in [5, 5.41) is 0.669. The van der Waals surface area contributed by atoms with Gasteiger partial charge in [-0.25, -0.2) is 0 Å². The Kier molecular flexibility index (Phi) is 2.82. The summed E-state index contributed by atoms with van der Waals surface area (Å²) in [6.07, 6.45) is -2.43. The van der Waals surface area contributed by atoms with Crippen LogP contribution in [0, 0.1) is 5.92 Å². The van der Waals surface area contributed by atoms with Crippen molar-refractivity contribution in [3.63, 3.8) is 0 Å². The molecule has 1 aliphatic heterocycles. The van der Waals surface area contributed by atoms with Crippen molar-refractivity contribution in [3.05, 3.63) is 35.5 Å². The van der Waals surface area contributed by atoms with E-state index in [-0.39, 0.29) is 0 Å². The van der Waals surface area contributed by atoms with Crippen molar-refractivity contribution in [1.29, 1.82) is 0 Å². The molecule has 0 amide bonds. The Morgan fingerprint density at radius 1 is 1.26 bits per heavy atom. The molecule has 0 saturated heterocycles. The van der Waals surface area contributed by atoms with Gasteiger partial charge >= 0.3 is 6.18 Å². The molecule has 2 heterocycles. The van der Waals surface area contributed by atoms with Crippen molar-refractivity contribution < 1.29 is 13.2 Å². The molecular weight excluding hydrogens is 253 g/mol. The predicted octanol–water partition coefficient (Wildman–Crippen LogP) is 3.18. The van der Waals surface area contributed by atoms with E-state index in [4.69, 9.17) is 5.73 Å². The second kappa shape index (κ2) is 4.27. The molecule has 1 unspecified atom stereocenters. The number of nitrogens with zero attached hydrogens (tertiary/aromatic N) is 1. The summed E-state index contributed by atoms with van der Waals surface area (Å²) in [6.45, 7) is 1.47. The highest BCUT2D eigenvalue weighted by Crippen LogP contribution is 2.34. The molecule has 1 atom stereocenters. The fraction of sp³-hybridized carbons (Fsp3) is 0.429. The number of benzene rings is 1. The van der Waals surface area contributed by atoms with Crippen LogP contribution in [-0.4, -0.2) is 11.1 Å². The van der Waals surface area contributed by atoms with E-state index in [0.717, 1.165) is 36.7 Å². The second-order valence-electron chi connectivity index (χ2n) is 5.15. The maximum atomic E-state index is 12.7. The number of alkyl halides is 3. The SMILES string of the molecule is NCC1CCn2c(cc3cc(C(F)(F)F)ccc32)C1. The highest BCUT2D eigenvalue weighted by molar-refractivity contribution is 5.82. The molecule has 2 N–H and O–H groups in total. The maximum Gasteiger partial charge on any atom is 0.416 e. The smallest absolute Gasteiger partial charge is 0.345 e. The van der Waals surface area contributed by atoms with E-state index in [0.29, 0.717) is 17.8 Å². The number of nitrogens with two attached hydrogens (primary N) is 1. The Labute approximate surface area is 109 Å². The summed E-state index contributed by atoms with van der Waals surface area (Å²) in [4.78, 5) is 0. The van der Waals surface area contributed by atoms with Gasteiger partial charge in [0.05, 0.1) is 5.56 Å². The third kappa shape index (κ3) is 2.12. The average molecular weight is 268 g/mol. The lowest BCUT2D eigenvalue weighted by Gasteiger charge is -2.23. The first-order valence-corrected chi connectivity index (χ1v) is 6.38. The van der Waals surface area contributed by atoms with Crippen LogP contribution in [0.3, 0.4) is 0 Å². The normalized spacial score (nSPS) is 19.7. The molecule has 1 aromatic heterocycles. The third-order valence-electron chi connectivity index (χ3n) is 3.91. The summed E-state index contributed by atoms with van der Waals surface area (Å²) in [5.41, 5.74) is 7.07. The molecule has 19 heavy (non-hydrogen) atoms. The van der Waals surface area contributed by atoms with Crippen LogP contribution in [0.4, 0.5) is 13.2 Å². The highest BCUT2D eigenvalue weighted by Gasteiger charge is 2.31. The van der Waals surface area contributed by atoms with E-state index >= 15 is 0 Å². The Morgan fingerprint density at radius 3 is 2.74 bits per heavy atom. The van der Waals surface area contributed by atoms with Crippen molar-refractivity contribution >= 4 is 10.9 Å². The van der Waals surface area contributed by atoms with Gasteiger partial charge in [0.25, 0.3) is 0 Å². The number of halogens is 3. The summed E-state index contributed by atoms with van der Waals surface area (Å²) in [6, 6.07) is 5.83. The number of aromatic nitrogens is 1. The van der Waals surface area contributed by atoms with E-state index in [9.17, 15) is 13.2 Å². The molecule has 0 spiro atoms. The zero-order valence-corrected chi connectivity index (χ0v) is 10.4. The maximum absolute atomic E-state index is 12.7. The fourth-order valence-electron chi connectivity index (χ4n) is 2.85. The molecule has 0 fully saturated rings. The molecular formula is C14H15F3N2. The topological polar surface area (TPSA) is 30.9 Å². The Bertz CT molecular complexity index is 613. The molecule has 0 saturated carbocycles. The minimum Gasteiger partial charge on any atom is -0.345 e. The predicted molar refractivity (Wildman–Crippen MR) is 67.8 cm³/mol. The highest BCUT2D eigenvalue weighted by atomic mass is 19.4. The third-order valence-corrected chi connectivity index (χ3v) is 3.91. The second-order valence-corrected chi connectivity index (χ2v) is 5.15. The number of fused-ring (bicyclic) bond motifs is 3. The number of rotatable bonds is 1. The van der Waals surface area contributed by atoms with Crippen molar-refractivity contribution in [3.8, 4) is 0 Å². The first kappa shape index (κ1) is 12.5. The summed E-state index contributed by atoms with van der Waals surface area (Å²) >= 11 is 0. The molecule has 0 aliphatic carbocycles. The number of aryl methyl sites for hydroxylation is 1. The number of hydrogen-bond acceptors (Lipinski definition) is 1. The van der Waals surface area contributed by atoms with Crippen molar-refractivity contribution in [2.24, 2.45) is 11.7 Å². The van der Waals surface area contributed by atoms with Crippen LogP contribution in [0.2, 0.25) is 0 Å². The van der Waals surface area contributed by atoms with Crippen LogP contribution in [0.5, 0.6) is 0 Å². The lowest BCUT2D eigenvalue weighted by molar-refractivity contribution is -0.137. The molecule has 102 valence electrons. The van der Waals surface area contributed by atoms with Gasteiger partial charge in [0.2, 0.25) is 0 Å². The van der Waals surface area contributed by atoms with Gasteiger partial charge in [0, 0.05) is 23.1 Å². The Balaban J connectivity index is 2.08. The van der Waals surface area contributed by atoms with Crippen LogP contribution >= 0.6 is 0 Å². The van der Waals surface area contributed by atoms with Crippen LogP contribution < -0.4 is 5.73 Å². The van der Waals surface area contributed by atoms with Crippen molar-refractivity contribution in [2.75, 3.05) is 6.54 Å². The number of hydrogen-bond donors (Lipinski definition) is 1. The zero-order valence-electron chi connectivity index (χ0n) is 10.4. The summed E-state index contributed by atoms with van der Waals surface area (Å²) in [7, 11) is 0. The van der Waals surface area contributed by atoms with Gasteiger partial charge in [-0.15, -0.1) is 0 Å². The Morgan fingerprint density at radius 2 is 2.05 bits per heavy atom. The first-order valence-electron chi connectivity index (χ1n) is 6.38. The van der Waals surface area contributed by atoms with Gasteiger partial charge < -0.3 is 10.3 Å². The minimum atomic E-state index is -4.28. The zero-order chi connectivity index (χ0) is 13.6. The van der Waals surface area contributed by atoms with E-state index < -0.39 is 11.7 Å². The van der Waals surface area contributed by atoms with Gasteiger partial charge in [-0.1, -0.05) is 0 Å². The molecule has 5 heteroatoms. The molecule has 0 bridgehead atoms. The lowest BCUT2D eigenvalue weighted by atomic mass is 9.96. The van der Waals surface area contributed by atoms with Gasteiger partial charge in [0.15, 0.2) is 0 Å². The largest absolute Gasteiger partial charge is 0.416 e. The fourth-order valence-corrected chi connectivity index (χ4v) is 2.85. The van der Waals surface area contributed by atoms with E-state index in [1.807, 2.05) is 6.07 Å². The van der Waals surface area contributed by atoms with Gasteiger partial charge in [0.1, 0.15) is 0 Å². The van der Waals surface area contributed by atoms with Gasteiger partial charge in [-0.2, -0.15) is 13.2 Å². The molecule has 1 aromatic carbocycles. The molecule has 3 rings (SSSR count). The first-order chi connectivity index (χ1) is 8.99.